The lowest BCUT2D eigenvalue weighted by molar-refractivity contribution is -0.120. The molecule has 0 unspecified atom stereocenters. The molecule has 1 heterocycles. The zero-order valence-electron chi connectivity index (χ0n) is 10.3. The summed E-state index contributed by atoms with van der Waals surface area (Å²) in [6.45, 7) is 5.79. The smallest absolute Gasteiger partial charge is 0.220 e. The minimum absolute atomic E-state index is 0.0709. The highest BCUT2D eigenvalue weighted by Crippen LogP contribution is 2.17. The quantitative estimate of drug-likeness (QED) is 0.689. The van der Waals surface area contributed by atoms with Gasteiger partial charge in [0.25, 0.3) is 0 Å². The Kier molecular flexibility index (Phi) is 5.99. The minimum atomic E-state index is 0.0709. The average Bonchev–Trinajstić information content (AvgIpc) is 2.71. The predicted molar refractivity (Wildman–Crippen MR) is 67.6 cm³/mol. The second-order valence-electron chi connectivity index (χ2n) is 3.40. The van der Waals surface area contributed by atoms with Crippen LogP contribution in [0.1, 0.15) is 26.1 Å². The van der Waals surface area contributed by atoms with E-state index in [0.29, 0.717) is 25.3 Å². The van der Waals surface area contributed by atoms with Crippen LogP contribution in [0.2, 0.25) is 0 Å². The summed E-state index contributed by atoms with van der Waals surface area (Å²) >= 11 is 1.53. The molecule has 0 aromatic carbocycles. The van der Waals surface area contributed by atoms with Crippen LogP contribution >= 0.6 is 11.8 Å². The maximum atomic E-state index is 11.3. The van der Waals surface area contributed by atoms with Crippen LogP contribution in [0.25, 0.3) is 0 Å². The predicted octanol–water partition coefficient (Wildman–Crippen LogP) is 0.375. The lowest BCUT2D eigenvalue weighted by atomic mass is 10.4. The topological polar surface area (TPSA) is 85.8 Å². The molecule has 1 aromatic rings. The van der Waals surface area contributed by atoms with Crippen LogP contribution in [0, 0.1) is 0 Å². The molecule has 0 bridgehead atoms. The van der Waals surface area contributed by atoms with Crippen molar-refractivity contribution in [2.75, 3.05) is 12.3 Å². The number of nitrogens with zero attached hydrogens (tertiary/aromatic N) is 3. The third kappa shape index (κ3) is 4.01. The van der Waals surface area contributed by atoms with E-state index in [1.165, 1.54) is 11.8 Å². The zero-order chi connectivity index (χ0) is 12.7. The van der Waals surface area contributed by atoms with E-state index in [0.717, 1.165) is 17.5 Å². The summed E-state index contributed by atoms with van der Waals surface area (Å²) in [6, 6.07) is 0. The summed E-state index contributed by atoms with van der Waals surface area (Å²) in [6.07, 6.45) is 0.493. The molecule has 96 valence electrons. The number of aromatic nitrogens is 3. The van der Waals surface area contributed by atoms with Gasteiger partial charge in [0.15, 0.2) is 5.16 Å². The molecule has 0 atom stereocenters. The Labute approximate surface area is 105 Å². The number of nitrogens with one attached hydrogen (secondary N) is 1. The van der Waals surface area contributed by atoms with Crippen LogP contribution in [0.15, 0.2) is 5.16 Å². The summed E-state index contributed by atoms with van der Waals surface area (Å²) < 4.78 is 1.97. The molecule has 0 aliphatic carbocycles. The molecule has 1 aromatic heterocycles. The fourth-order valence-electron chi connectivity index (χ4n) is 1.42. The number of thioether (sulfide) groups is 1. The van der Waals surface area contributed by atoms with Crippen LogP contribution in [0.4, 0.5) is 0 Å². The zero-order valence-corrected chi connectivity index (χ0v) is 11.1. The van der Waals surface area contributed by atoms with Crippen LogP contribution in [-0.2, 0) is 17.9 Å². The van der Waals surface area contributed by atoms with E-state index in [9.17, 15) is 4.79 Å². The minimum Gasteiger partial charge on any atom is -0.356 e. The van der Waals surface area contributed by atoms with Gasteiger partial charge >= 0.3 is 0 Å². The van der Waals surface area contributed by atoms with Crippen LogP contribution in [0.3, 0.4) is 0 Å². The summed E-state index contributed by atoms with van der Waals surface area (Å²) in [5.41, 5.74) is 5.56. The van der Waals surface area contributed by atoms with Crippen LogP contribution < -0.4 is 11.1 Å². The molecule has 0 saturated carbocycles. The summed E-state index contributed by atoms with van der Waals surface area (Å²) in [4.78, 5) is 11.3. The van der Waals surface area contributed by atoms with Crippen molar-refractivity contribution in [1.82, 2.24) is 20.1 Å². The van der Waals surface area contributed by atoms with E-state index < -0.39 is 0 Å². The first-order chi connectivity index (χ1) is 8.22. The molecule has 0 radical (unpaired) electrons. The molecule has 0 saturated heterocycles. The van der Waals surface area contributed by atoms with E-state index in [4.69, 9.17) is 5.73 Å². The van der Waals surface area contributed by atoms with Crippen molar-refractivity contribution in [2.24, 2.45) is 5.73 Å². The van der Waals surface area contributed by atoms with Crippen molar-refractivity contribution in [1.29, 1.82) is 0 Å². The number of rotatable bonds is 7. The van der Waals surface area contributed by atoms with Gasteiger partial charge in [-0.15, -0.1) is 10.2 Å². The highest BCUT2D eigenvalue weighted by Gasteiger charge is 2.10. The van der Waals surface area contributed by atoms with Crippen molar-refractivity contribution in [3.05, 3.63) is 5.82 Å². The maximum absolute atomic E-state index is 11.3. The Balaban J connectivity index is 2.46. The largest absolute Gasteiger partial charge is 0.356 e. The Morgan fingerprint density at radius 1 is 1.47 bits per heavy atom. The van der Waals surface area contributed by atoms with Gasteiger partial charge in [-0.1, -0.05) is 11.8 Å². The highest BCUT2D eigenvalue weighted by molar-refractivity contribution is 7.99. The molecule has 17 heavy (non-hydrogen) atoms. The number of nitrogens with two attached hydrogens (primary N) is 1. The van der Waals surface area contributed by atoms with Crippen LogP contribution in [-0.4, -0.2) is 33.0 Å². The maximum Gasteiger partial charge on any atom is 0.220 e. The lowest BCUT2D eigenvalue weighted by Crippen LogP contribution is -2.22. The molecule has 3 N–H and O–H groups in total. The van der Waals surface area contributed by atoms with Crippen molar-refractivity contribution in [3.8, 4) is 0 Å². The first-order valence-electron chi connectivity index (χ1n) is 5.74. The molecular weight excluding hydrogens is 238 g/mol. The third-order valence-corrected chi connectivity index (χ3v) is 3.19. The number of carbonyl (C=O) groups is 1. The van der Waals surface area contributed by atoms with Crippen molar-refractivity contribution in [3.63, 3.8) is 0 Å². The number of hydrogen-bond acceptors (Lipinski definition) is 5. The van der Waals surface area contributed by atoms with Gasteiger partial charge in [0, 0.05) is 25.3 Å². The van der Waals surface area contributed by atoms with Crippen molar-refractivity contribution >= 4 is 17.7 Å². The second-order valence-corrected chi connectivity index (χ2v) is 4.46. The Hall–Kier alpha value is -1.08. The average molecular weight is 257 g/mol. The van der Waals surface area contributed by atoms with E-state index in [-0.39, 0.29) is 5.91 Å². The van der Waals surface area contributed by atoms with E-state index in [1.54, 1.807) is 0 Å². The Morgan fingerprint density at radius 3 is 2.82 bits per heavy atom. The fourth-order valence-corrected chi connectivity index (χ4v) is 2.37. The lowest BCUT2D eigenvalue weighted by Gasteiger charge is -2.05. The van der Waals surface area contributed by atoms with Gasteiger partial charge in [0.1, 0.15) is 5.82 Å². The highest BCUT2D eigenvalue weighted by atomic mass is 32.2. The van der Waals surface area contributed by atoms with Gasteiger partial charge in [-0.05, 0) is 13.8 Å². The van der Waals surface area contributed by atoms with Gasteiger partial charge in [0.2, 0.25) is 5.91 Å². The van der Waals surface area contributed by atoms with Gasteiger partial charge in [-0.3, -0.25) is 4.79 Å². The van der Waals surface area contributed by atoms with Crippen molar-refractivity contribution < 1.29 is 4.79 Å². The third-order valence-electron chi connectivity index (χ3n) is 2.23. The summed E-state index contributed by atoms with van der Waals surface area (Å²) in [5, 5.41) is 11.7. The molecule has 0 aliphatic heterocycles. The van der Waals surface area contributed by atoms with Crippen molar-refractivity contribution in [2.45, 2.75) is 38.5 Å². The van der Waals surface area contributed by atoms with E-state index >= 15 is 0 Å². The summed E-state index contributed by atoms with van der Waals surface area (Å²) in [5.74, 6) is 1.56. The first-order valence-corrected chi connectivity index (χ1v) is 6.73. The fraction of sp³-hybridized carbons (Fsp3) is 0.700. The monoisotopic (exact) mass is 257 g/mol. The molecule has 7 heteroatoms. The molecule has 6 nitrogen and oxygen atoms in total. The SMILES string of the molecule is CCNC(=O)CCSc1nnc(CN)n1CC. The number of amides is 1. The van der Waals surface area contributed by atoms with Gasteiger partial charge in [-0.25, -0.2) is 0 Å². The number of carbonyl (C=O) groups excluding carboxylic acids is 1. The molecule has 1 amide bonds. The van der Waals surface area contributed by atoms with Crippen LogP contribution in [0.5, 0.6) is 0 Å². The Morgan fingerprint density at radius 2 is 2.24 bits per heavy atom. The molecule has 0 aliphatic rings. The molecule has 0 fully saturated rings. The molecule has 1 rings (SSSR count). The summed E-state index contributed by atoms with van der Waals surface area (Å²) in [7, 11) is 0. The van der Waals surface area contributed by atoms with Gasteiger partial charge in [0.05, 0.1) is 6.54 Å². The number of hydrogen-bond donors (Lipinski definition) is 2. The standard InChI is InChI=1S/C10H19N5OS/c1-3-12-9(16)5-6-17-10-14-13-8(7-11)15(10)4-2/h3-7,11H2,1-2H3,(H,12,16). The molecule has 0 spiro atoms. The van der Waals surface area contributed by atoms with Gasteiger partial charge < -0.3 is 15.6 Å². The Bertz CT molecular complexity index is 366. The van der Waals surface area contributed by atoms with Gasteiger partial charge in [-0.2, -0.15) is 0 Å². The molecular formula is C10H19N5OS. The first kappa shape index (κ1) is 14.0. The second kappa shape index (κ2) is 7.29. The normalized spacial score (nSPS) is 10.5. The van der Waals surface area contributed by atoms with E-state index in [1.807, 2.05) is 18.4 Å². The van der Waals surface area contributed by atoms with E-state index in [2.05, 4.69) is 15.5 Å².